The summed E-state index contributed by atoms with van der Waals surface area (Å²) in [6, 6.07) is 5.95. The van der Waals surface area contributed by atoms with Gasteiger partial charge < -0.3 is 14.8 Å². The lowest BCUT2D eigenvalue weighted by atomic mass is 9.80. The molecule has 4 heterocycles. The van der Waals surface area contributed by atoms with E-state index in [2.05, 4.69) is 20.5 Å². The second-order valence-electron chi connectivity index (χ2n) is 9.71. The smallest absolute Gasteiger partial charge is 0.289 e. The Labute approximate surface area is 188 Å². The normalized spacial score (nSPS) is 23.7. The molecule has 0 aromatic carbocycles. The molecule has 1 N–H and O–H groups in total. The first-order valence-electron chi connectivity index (χ1n) is 12.0. The minimum Gasteiger partial charge on any atom is -0.347 e. The van der Waals surface area contributed by atoms with E-state index in [1.807, 2.05) is 27.7 Å². The average molecular weight is 437 g/mol. The fourth-order valence-corrected chi connectivity index (χ4v) is 5.60. The fourth-order valence-electron chi connectivity index (χ4n) is 5.60. The summed E-state index contributed by atoms with van der Waals surface area (Å²) in [4.78, 5) is 32.0. The van der Waals surface area contributed by atoms with Gasteiger partial charge in [-0.25, -0.2) is 0 Å². The van der Waals surface area contributed by atoms with Crippen LogP contribution < -0.4 is 5.32 Å². The topological polar surface area (TPSA) is 93.0 Å². The van der Waals surface area contributed by atoms with Gasteiger partial charge in [0.15, 0.2) is 0 Å². The van der Waals surface area contributed by atoms with E-state index >= 15 is 0 Å². The third kappa shape index (κ3) is 4.40. The molecule has 0 bridgehead atoms. The highest BCUT2D eigenvalue weighted by Gasteiger charge is 2.41. The molecule has 1 aliphatic carbocycles. The van der Waals surface area contributed by atoms with Gasteiger partial charge in [-0.2, -0.15) is 0 Å². The van der Waals surface area contributed by atoms with E-state index in [4.69, 9.17) is 0 Å². The average Bonchev–Trinajstić information content (AvgIpc) is 3.38. The molecule has 2 fully saturated rings. The van der Waals surface area contributed by atoms with Crippen molar-refractivity contribution in [2.45, 2.75) is 76.8 Å². The van der Waals surface area contributed by atoms with Crippen molar-refractivity contribution in [2.75, 3.05) is 13.1 Å². The van der Waals surface area contributed by atoms with Crippen molar-refractivity contribution in [1.29, 1.82) is 0 Å². The van der Waals surface area contributed by atoms with Crippen molar-refractivity contribution in [3.8, 4) is 0 Å². The number of hydrogen-bond acceptors (Lipinski definition) is 5. The summed E-state index contributed by atoms with van der Waals surface area (Å²) in [5.74, 6) is 1.40. The number of carbonyl (C=O) groups excluding carboxylic acids is 2. The molecule has 0 unspecified atom stereocenters. The highest BCUT2D eigenvalue weighted by Crippen LogP contribution is 2.41. The molecular weight excluding hydrogens is 404 g/mol. The van der Waals surface area contributed by atoms with Gasteiger partial charge in [0, 0.05) is 44.0 Å². The number of nitrogens with zero attached hydrogens (tertiary/aromatic N) is 5. The van der Waals surface area contributed by atoms with Gasteiger partial charge in [-0.05, 0) is 49.7 Å². The summed E-state index contributed by atoms with van der Waals surface area (Å²) in [5.41, 5.74) is 0.913. The van der Waals surface area contributed by atoms with Crippen molar-refractivity contribution < 1.29 is 9.59 Å². The Balaban J connectivity index is 1.21. The first-order valence-corrected chi connectivity index (χ1v) is 12.0. The molecule has 8 heteroatoms. The Morgan fingerprint density at radius 1 is 1.06 bits per heavy atom. The molecular formula is C24H32N6O2. The lowest BCUT2D eigenvalue weighted by Crippen LogP contribution is -2.37. The third-order valence-electron chi connectivity index (χ3n) is 7.57. The monoisotopic (exact) mass is 436 g/mol. The van der Waals surface area contributed by atoms with Crippen LogP contribution in [0.5, 0.6) is 0 Å². The number of amides is 2. The zero-order valence-corrected chi connectivity index (χ0v) is 18.6. The molecule has 2 aromatic rings. The highest BCUT2D eigenvalue weighted by atomic mass is 16.2. The standard InChI is InChI=1S/C24H32N6O2/c31-21(16-19-8-4-5-13-25-19)29-14-11-24(17-29)10-9-20-27-28-22(30(20)15-12-24)23(32)26-18-6-2-1-3-7-18/h4-5,8,13,18H,1-3,6-7,9-12,14-17H2,(H,26,32)/t24-/m1/s1. The fraction of sp³-hybridized carbons (Fsp3) is 0.625. The van der Waals surface area contributed by atoms with Gasteiger partial charge >= 0.3 is 0 Å². The lowest BCUT2D eigenvalue weighted by Gasteiger charge is -2.27. The largest absolute Gasteiger partial charge is 0.347 e. The molecule has 0 radical (unpaired) electrons. The third-order valence-corrected chi connectivity index (χ3v) is 7.57. The van der Waals surface area contributed by atoms with Gasteiger partial charge in [0.2, 0.25) is 11.7 Å². The van der Waals surface area contributed by atoms with Gasteiger partial charge in [0.05, 0.1) is 6.42 Å². The number of likely N-dealkylation sites (tertiary alicyclic amines) is 1. The SMILES string of the molecule is O=C(NC1CCCCC1)c1nnc2n1CC[C@@]1(CC2)CCN(C(=O)Cc2ccccn2)C1. The van der Waals surface area contributed by atoms with Crippen LogP contribution in [0, 0.1) is 5.41 Å². The van der Waals surface area contributed by atoms with Crippen molar-refractivity contribution in [1.82, 2.24) is 30.0 Å². The zero-order chi connectivity index (χ0) is 22.0. The molecule has 2 amide bonds. The molecule has 1 spiro atoms. The summed E-state index contributed by atoms with van der Waals surface area (Å²) < 4.78 is 2.02. The highest BCUT2D eigenvalue weighted by molar-refractivity contribution is 5.91. The van der Waals surface area contributed by atoms with E-state index in [1.54, 1.807) is 6.20 Å². The van der Waals surface area contributed by atoms with E-state index in [0.29, 0.717) is 12.2 Å². The molecule has 170 valence electrons. The van der Waals surface area contributed by atoms with Crippen LogP contribution in [-0.2, 0) is 24.2 Å². The lowest BCUT2D eigenvalue weighted by molar-refractivity contribution is -0.129. The maximum atomic E-state index is 12.9. The molecule has 1 saturated carbocycles. The summed E-state index contributed by atoms with van der Waals surface area (Å²) in [7, 11) is 0. The number of pyridine rings is 1. The van der Waals surface area contributed by atoms with Crippen molar-refractivity contribution in [2.24, 2.45) is 5.41 Å². The molecule has 2 aliphatic heterocycles. The second-order valence-corrected chi connectivity index (χ2v) is 9.71. The summed E-state index contributed by atoms with van der Waals surface area (Å²) in [5, 5.41) is 11.8. The molecule has 3 aliphatic rings. The molecule has 1 saturated heterocycles. The summed E-state index contributed by atoms with van der Waals surface area (Å²) in [6.45, 7) is 2.31. The Kier molecular flexibility index (Phi) is 5.93. The van der Waals surface area contributed by atoms with E-state index in [1.165, 1.54) is 19.3 Å². The minimum atomic E-state index is -0.0924. The van der Waals surface area contributed by atoms with E-state index in [-0.39, 0.29) is 23.3 Å². The zero-order valence-electron chi connectivity index (χ0n) is 18.6. The van der Waals surface area contributed by atoms with Crippen LogP contribution in [0.3, 0.4) is 0 Å². The van der Waals surface area contributed by atoms with Crippen LogP contribution in [0.25, 0.3) is 0 Å². The van der Waals surface area contributed by atoms with Crippen LogP contribution in [-0.4, -0.2) is 55.6 Å². The number of hydrogen-bond donors (Lipinski definition) is 1. The van der Waals surface area contributed by atoms with Crippen LogP contribution in [0.4, 0.5) is 0 Å². The van der Waals surface area contributed by atoms with Gasteiger partial charge in [-0.3, -0.25) is 14.6 Å². The van der Waals surface area contributed by atoms with Gasteiger partial charge in [-0.1, -0.05) is 25.3 Å². The van der Waals surface area contributed by atoms with Crippen molar-refractivity contribution in [3.63, 3.8) is 0 Å². The van der Waals surface area contributed by atoms with Crippen LogP contribution in [0.2, 0.25) is 0 Å². The van der Waals surface area contributed by atoms with Gasteiger partial charge in [0.1, 0.15) is 5.82 Å². The van der Waals surface area contributed by atoms with E-state index < -0.39 is 0 Å². The molecule has 8 nitrogen and oxygen atoms in total. The summed E-state index contributed by atoms with van der Waals surface area (Å²) in [6.07, 6.45) is 11.5. The van der Waals surface area contributed by atoms with Gasteiger partial charge in [-0.15, -0.1) is 10.2 Å². The van der Waals surface area contributed by atoms with E-state index in [9.17, 15) is 9.59 Å². The maximum absolute atomic E-state index is 12.9. The van der Waals surface area contributed by atoms with Crippen LogP contribution >= 0.6 is 0 Å². The summed E-state index contributed by atoms with van der Waals surface area (Å²) >= 11 is 0. The molecule has 1 atom stereocenters. The van der Waals surface area contributed by atoms with Crippen molar-refractivity contribution >= 4 is 11.8 Å². The maximum Gasteiger partial charge on any atom is 0.289 e. The second kappa shape index (κ2) is 9.00. The predicted octanol–water partition coefficient (Wildman–Crippen LogP) is 2.53. The Morgan fingerprint density at radius 2 is 1.91 bits per heavy atom. The number of fused-ring (bicyclic) bond motifs is 1. The van der Waals surface area contributed by atoms with Gasteiger partial charge in [0.25, 0.3) is 5.91 Å². The number of carbonyl (C=O) groups is 2. The van der Waals surface area contributed by atoms with Crippen molar-refractivity contribution in [3.05, 3.63) is 41.7 Å². The molecule has 32 heavy (non-hydrogen) atoms. The number of aromatic nitrogens is 4. The Morgan fingerprint density at radius 3 is 2.72 bits per heavy atom. The van der Waals surface area contributed by atoms with Crippen LogP contribution in [0.1, 0.15) is 73.5 Å². The van der Waals surface area contributed by atoms with E-state index in [0.717, 1.165) is 69.7 Å². The molecule has 2 aromatic heterocycles. The number of rotatable bonds is 4. The number of nitrogens with one attached hydrogen (secondary N) is 1. The van der Waals surface area contributed by atoms with Crippen LogP contribution in [0.15, 0.2) is 24.4 Å². The quantitative estimate of drug-likeness (QED) is 0.795. The number of aryl methyl sites for hydroxylation is 1. The first-order chi connectivity index (χ1) is 15.6. The minimum absolute atomic E-state index is 0.0924. The molecule has 5 rings (SSSR count). The Hall–Kier alpha value is -2.77. The Bertz CT molecular complexity index is 968. The predicted molar refractivity (Wildman–Crippen MR) is 119 cm³/mol. The first kappa shape index (κ1) is 21.1.